The van der Waals surface area contributed by atoms with Crippen molar-refractivity contribution in [2.24, 2.45) is 4.99 Å². The van der Waals surface area contributed by atoms with E-state index < -0.39 is 0 Å². The molecule has 0 N–H and O–H groups in total. The highest BCUT2D eigenvalue weighted by atomic mass is 16.5. The fourth-order valence-corrected chi connectivity index (χ4v) is 3.23. The summed E-state index contributed by atoms with van der Waals surface area (Å²) in [6.07, 6.45) is 1.64. The Bertz CT molecular complexity index is 1210. The highest BCUT2D eigenvalue weighted by molar-refractivity contribution is 5.80. The quantitative estimate of drug-likeness (QED) is 0.422. The molecule has 2 aromatic carbocycles. The topological polar surface area (TPSA) is 66.3 Å². The molecule has 0 fully saturated rings. The first kappa shape index (κ1) is 19.6. The summed E-state index contributed by atoms with van der Waals surface area (Å²) >= 11 is 0. The summed E-state index contributed by atoms with van der Waals surface area (Å²) in [5.41, 5.74) is 1.57. The van der Waals surface area contributed by atoms with Gasteiger partial charge in [-0.1, -0.05) is 0 Å². The molecule has 4 aromatic rings. The fraction of sp³-hybridized carbons (Fsp3) is 0.208. The van der Waals surface area contributed by atoms with Gasteiger partial charge in [0.15, 0.2) is 11.5 Å². The molecular formula is C24H23NO5. The van der Waals surface area contributed by atoms with E-state index in [0.717, 1.165) is 27.8 Å². The van der Waals surface area contributed by atoms with Gasteiger partial charge >= 0.3 is 0 Å². The number of nitrogens with zero attached hydrogens (tertiary/aromatic N) is 1. The first-order valence-electron chi connectivity index (χ1n) is 9.67. The number of ether oxygens (including phenoxy) is 3. The minimum absolute atomic E-state index is 0.427. The number of hydrogen-bond donors (Lipinski definition) is 0. The average Bonchev–Trinajstić information content (AvgIpc) is 3.30. The van der Waals surface area contributed by atoms with Gasteiger partial charge in [0.1, 0.15) is 22.9 Å². The molecule has 0 aliphatic heterocycles. The van der Waals surface area contributed by atoms with E-state index in [2.05, 4.69) is 0 Å². The lowest BCUT2D eigenvalue weighted by Crippen LogP contribution is -2.05. The molecule has 0 saturated carbocycles. The Morgan fingerprint density at radius 2 is 1.80 bits per heavy atom. The van der Waals surface area contributed by atoms with Crippen LogP contribution in [0.4, 0.5) is 0 Å². The van der Waals surface area contributed by atoms with Crippen LogP contribution in [0.25, 0.3) is 22.3 Å². The van der Waals surface area contributed by atoms with Crippen molar-refractivity contribution in [3.05, 3.63) is 72.0 Å². The highest BCUT2D eigenvalue weighted by Gasteiger charge is 2.11. The zero-order valence-electron chi connectivity index (χ0n) is 17.2. The maximum Gasteiger partial charge on any atom is 0.161 e. The van der Waals surface area contributed by atoms with E-state index in [-0.39, 0.29) is 0 Å². The minimum Gasteiger partial charge on any atom is -0.494 e. The standard InChI is InChI=1S/C24H23NO5/c1-4-28-17-8-10-21-19(13-17)20(25-15-18-6-5-11-29-18)14-23(30-21)16-7-9-22(26-2)24(12-16)27-3/h5-14H,4,15H2,1-3H3. The van der Waals surface area contributed by atoms with Crippen molar-refractivity contribution >= 4 is 11.0 Å². The summed E-state index contributed by atoms with van der Waals surface area (Å²) in [7, 11) is 3.22. The van der Waals surface area contributed by atoms with E-state index in [4.69, 9.17) is 28.0 Å². The molecule has 6 nitrogen and oxygen atoms in total. The van der Waals surface area contributed by atoms with Crippen LogP contribution in [-0.2, 0) is 6.54 Å². The van der Waals surface area contributed by atoms with Crippen LogP contribution in [0.3, 0.4) is 0 Å². The van der Waals surface area contributed by atoms with E-state index in [1.807, 2.05) is 61.5 Å². The van der Waals surface area contributed by atoms with Crippen molar-refractivity contribution in [3.63, 3.8) is 0 Å². The minimum atomic E-state index is 0.427. The Morgan fingerprint density at radius 3 is 2.53 bits per heavy atom. The predicted molar refractivity (Wildman–Crippen MR) is 114 cm³/mol. The van der Waals surface area contributed by atoms with Gasteiger partial charge < -0.3 is 23.0 Å². The van der Waals surface area contributed by atoms with Crippen LogP contribution in [0.15, 0.2) is 74.7 Å². The van der Waals surface area contributed by atoms with Gasteiger partial charge in [0.05, 0.1) is 39.0 Å². The van der Waals surface area contributed by atoms with Gasteiger partial charge in [0, 0.05) is 17.0 Å². The SMILES string of the molecule is CCOc1ccc2oc(-c3ccc(OC)c(OC)c3)cc(=NCc3ccco3)c2c1. The summed E-state index contributed by atoms with van der Waals surface area (Å²) in [5, 5.41) is 1.66. The maximum atomic E-state index is 6.20. The smallest absolute Gasteiger partial charge is 0.161 e. The second-order valence-electron chi connectivity index (χ2n) is 6.55. The predicted octanol–water partition coefficient (Wildman–Crippen LogP) is 5.21. The number of rotatable bonds is 7. The molecule has 0 saturated heterocycles. The molecule has 0 amide bonds. The lowest BCUT2D eigenvalue weighted by atomic mass is 10.1. The zero-order chi connectivity index (χ0) is 20.9. The summed E-state index contributed by atoms with van der Waals surface area (Å²) in [5.74, 6) is 3.52. The van der Waals surface area contributed by atoms with Crippen molar-refractivity contribution in [2.45, 2.75) is 13.5 Å². The Labute approximate surface area is 174 Å². The molecular weight excluding hydrogens is 382 g/mol. The van der Waals surface area contributed by atoms with Crippen molar-refractivity contribution in [1.82, 2.24) is 0 Å². The van der Waals surface area contributed by atoms with E-state index in [0.29, 0.717) is 36.0 Å². The lowest BCUT2D eigenvalue weighted by molar-refractivity contribution is 0.340. The number of benzene rings is 2. The number of methoxy groups -OCH3 is 2. The van der Waals surface area contributed by atoms with E-state index in [1.165, 1.54) is 0 Å². The molecule has 6 heteroatoms. The molecule has 0 spiro atoms. The summed E-state index contributed by atoms with van der Waals surface area (Å²) in [6.45, 7) is 2.97. The van der Waals surface area contributed by atoms with Gasteiger partial charge in [0.2, 0.25) is 0 Å². The number of fused-ring (bicyclic) bond motifs is 1. The van der Waals surface area contributed by atoms with Crippen LogP contribution in [0.5, 0.6) is 17.2 Å². The molecule has 4 rings (SSSR count). The second kappa shape index (κ2) is 8.78. The molecule has 0 unspecified atom stereocenters. The first-order chi connectivity index (χ1) is 14.7. The highest BCUT2D eigenvalue weighted by Crippen LogP contribution is 2.33. The van der Waals surface area contributed by atoms with Gasteiger partial charge in [-0.15, -0.1) is 0 Å². The van der Waals surface area contributed by atoms with Gasteiger partial charge in [0.25, 0.3) is 0 Å². The third-order valence-electron chi connectivity index (χ3n) is 4.68. The van der Waals surface area contributed by atoms with Crippen molar-refractivity contribution in [2.75, 3.05) is 20.8 Å². The Hall–Kier alpha value is -3.67. The van der Waals surface area contributed by atoms with Gasteiger partial charge in [-0.3, -0.25) is 4.99 Å². The van der Waals surface area contributed by atoms with E-state index in [1.54, 1.807) is 20.5 Å². The van der Waals surface area contributed by atoms with Crippen molar-refractivity contribution < 1.29 is 23.0 Å². The summed E-state index contributed by atoms with van der Waals surface area (Å²) < 4.78 is 28.1. The lowest BCUT2D eigenvalue weighted by Gasteiger charge is -2.11. The molecule has 2 heterocycles. The Kier molecular flexibility index (Phi) is 5.75. The summed E-state index contributed by atoms with van der Waals surface area (Å²) in [4.78, 5) is 4.78. The molecule has 154 valence electrons. The largest absolute Gasteiger partial charge is 0.494 e. The second-order valence-corrected chi connectivity index (χ2v) is 6.55. The van der Waals surface area contributed by atoms with Crippen LogP contribution in [-0.4, -0.2) is 20.8 Å². The van der Waals surface area contributed by atoms with Crippen LogP contribution in [0.2, 0.25) is 0 Å². The van der Waals surface area contributed by atoms with Crippen LogP contribution in [0, 0.1) is 0 Å². The van der Waals surface area contributed by atoms with Crippen LogP contribution < -0.4 is 19.6 Å². The maximum absolute atomic E-state index is 6.20. The van der Waals surface area contributed by atoms with Crippen molar-refractivity contribution in [1.29, 1.82) is 0 Å². The molecule has 30 heavy (non-hydrogen) atoms. The van der Waals surface area contributed by atoms with Gasteiger partial charge in [-0.05, 0) is 55.5 Å². The molecule has 0 atom stereocenters. The Morgan fingerprint density at radius 1 is 0.933 bits per heavy atom. The Balaban J connectivity index is 1.87. The van der Waals surface area contributed by atoms with Crippen LogP contribution >= 0.6 is 0 Å². The average molecular weight is 405 g/mol. The molecule has 0 aliphatic rings. The van der Waals surface area contributed by atoms with Crippen molar-refractivity contribution in [3.8, 4) is 28.6 Å². The molecule has 0 aliphatic carbocycles. The zero-order valence-corrected chi connectivity index (χ0v) is 17.2. The molecule has 2 aromatic heterocycles. The van der Waals surface area contributed by atoms with E-state index >= 15 is 0 Å². The molecule has 0 bridgehead atoms. The third kappa shape index (κ3) is 4.03. The van der Waals surface area contributed by atoms with Gasteiger partial charge in [-0.25, -0.2) is 0 Å². The third-order valence-corrected chi connectivity index (χ3v) is 4.68. The van der Waals surface area contributed by atoms with E-state index in [9.17, 15) is 0 Å². The van der Waals surface area contributed by atoms with Gasteiger partial charge in [-0.2, -0.15) is 0 Å². The number of hydrogen-bond acceptors (Lipinski definition) is 6. The van der Waals surface area contributed by atoms with Crippen LogP contribution in [0.1, 0.15) is 12.7 Å². The number of furan rings is 1. The monoisotopic (exact) mass is 405 g/mol. The summed E-state index contributed by atoms with van der Waals surface area (Å²) in [6, 6.07) is 17.1. The first-order valence-corrected chi connectivity index (χ1v) is 9.67. The fourth-order valence-electron chi connectivity index (χ4n) is 3.23. The normalized spacial score (nSPS) is 11.6. The molecule has 0 radical (unpaired) electrons.